The number of likely N-dealkylation sites (tertiary alicyclic amines) is 2. The number of ether oxygens (including phenoxy) is 1. The molecule has 2 aliphatic rings. The molecule has 196 valence electrons. The van der Waals surface area contributed by atoms with Gasteiger partial charge in [-0.2, -0.15) is 13.2 Å². The quantitative estimate of drug-likeness (QED) is 0.447. The molecule has 7 nitrogen and oxygen atoms in total. The highest BCUT2D eigenvalue weighted by atomic mass is 19.4. The van der Waals surface area contributed by atoms with E-state index in [1.807, 2.05) is 12.1 Å². The second-order valence-corrected chi connectivity index (χ2v) is 9.55. The summed E-state index contributed by atoms with van der Waals surface area (Å²) in [5.74, 6) is -0.956. The molecule has 0 aliphatic carbocycles. The molecule has 3 aromatic rings. The molecule has 2 fully saturated rings. The topological polar surface area (TPSA) is 75.0 Å². The molecule has 11 heteroatoms. The first kappa shape index (κ1) is 24.9. The maximum Gasteiger partial charge on any atom is 0.419 e. The number of carbonyl (C=O) groups excluding carboxylic acids is 2. The Hall–Kier alpha value is -3.76. The zero-order chi connectivity index (χ0) is 26.4. The zero-order valence-corrected chi connectivity index (χ0v) is 20.0. The molecule has 1 spiro atoms. The molecule has 0 atom stereocenters. The zero-order valence-electron chi connectivity index (χ0n) is 20.0. The molecule has 1 aromatic heterocycles. The van der Waals surface area contributed by atoms with E-state index in [4.69, 9.17) is 9.15 Å². The van der Waals surface area contributed by atoms with Crippen LogP contribution in [0.25, 0.3) is 11.0 Å². The number of anilines is 1. The standard InChI is InChI=1S/C26H25F4N3O4/c1-36-19-7-2-4-16-14-20(37-22(16)19)23(34)32-11-8-25(9-12-32)10-13-33(15-25)24(35)31-18-6-3-5-17(21(18)27)26(28,29)30/h2-7,14H,8-13,15H2,1H3,(H,31,35). The number of nitrogens with zero attached hydrogens (tertiary/aromatic N) is 2. The van der Waals surface area contributed by atoms with Gasteiger partial charge >= 0.3 is 12.2 Å². The highest BCUT2D eigenvalue weighted by Crippen LogP contribution is 2.41. The summed E-state index contributed by atoms with van der Waals surface area (Å²) in [6, 6.07) is 9.25. The summed E-state index contributed by atoms with van der Waals surface area (Å²) < 4.78 is 64.4. The minimum Gasteiger partial charge on any atom is -0.493 e. The van der Waals surface area contributed by atoms with Crippen molar-refractivity contribution in [1.29, 1.82) is 0 Å². The van der Waals surface area contributed by atoms with Crippen LogP contribution in [-0.4, -0.2) is 55.0 Å². The minimum absolute atomic E-state index is 0.211. The molecule has 37 heavy (non-hydrogen) atoms. The van der Waals surface area contributed by atoms with Crippen LogP contribution in [-0.2, 0) is 6.18 Å². The normalized spacial score (nSPS) is 17.4. The number of furan rings is 1. The summed E-state index contributed by atoms with van der Waals surface area (Å²) in [5.41, 5.74) is -1.64. The van der Waals surface area contributed by atoms with Crippen molar-refractivity contribution in [2.24, 2.45) is 5.41 Å². The van der Waals surface area contributed by atoms with Crippen molar-refractivity contribution >= 4 is 28.6 Å². The van der Waals surface area contributed by atoms with Crippen molar-refractivity contribution in [2.45, 2.75) is 25.4 Å². The van der Waals surface area contributed by atoms with E-state index in [0.717, 1.165) is 17.5 Å². The predicted octanol–water partition coefficient (Wildman–Crippen LogP) is 5.76. The van der Waals surface area contributed by atoms with Crippen LogP contribution in [0.2, 0.25) is 0 Å². The van der Waals surface area contributed by atoms with Crippen molar-refractivity contribution in [3.8, 4) is 5.75 Å². The number of hydrogen-bond donors (Lipinski definition) is 1. The van der Waals surface area contributed by atoms with Crippen molar-refractivity contribution in [1.82, 2.24) is 9.80 Å². The van der Waals surface area contributed by atoms with E-state index in [9.17, 15) is 27.2 Å². The van der Waals surface area contributed by atoms with E-state index < -0.39 is 29.3 Å². The van der Waals surface area contributed by atoms with Crippen LogP contribution in [0.5, 0.6) is 5.75 Å². The fourth-order valence-corrected chi connectivity index (χ4v) is 5.20. The van der Waals surface area contributed by atoms with Gasteiger partial charge in [0.15, 0.2) is 22.9 Å². The average Bonchev–Trinajstić information content (AvgIpc) is 3.49. The molecule has 3 amide bonds. The average molecular weight is 519 g/mol. The van der Waals surface area contributed by atoms with Gasteiger partial charge in [0.1, 0.15) is 0 Å². The number of hydrogen-bond acceptors (Lipinski definition) is 4. The first-order valence-electron chi connectivity index (χ1n) is 11.9. The lowest BCUT2D eigenvalue weighted by molar-refractivity contribution is -0.139. The van der Waals surface area contributed by atoms with E-state index in [1.54, 1.807) is 17.0 Å². The Morgan fingerprint density at radius 1 is 1.03 bits per heavy atom. The number of alkyl halides is 3. The number of halogens is 4. The van der Waals surface area contributed by atoms with Gasteiger partial charge in [-0.3, -0.25) is 4.79 Å². The first-order chi connectivity index (χ1) is 17.6. The summed E-state index contributed by atoms with van der Waals surface area (Å²) in [5, 5.41) is 3.05. The second-order valence-electron chi connectivity index (χ2n) is 9.55. The van der Waals surface area contributed by atoms with Gasteiger partial charge in [0, 0.05) is 31.6 Å². The number of rotatable bonds is 3. The Balaban J connectivity index is 1.21. The number of urea groups is 1. The molecule has 2 saturated heterocycles. The van der Waals surface area contributed by atoms with Gasteiger partial charge in [0.2, 0.25) is 0 Å². The largest absolute Gasteiger partial charge is 0.493 e. The second kappa shape index (κ2) is 9.28. The molecular formula is C26H25F4N3O4. The van der Waals surface area contributed by atoms with Gasteiger partial charge in [-0.25, -0.2) is 9.18 Å². The maximum atomic E-state index is 14.3. The van der Waals surface area contributed by atoms with Crippen LogP contribution in [0, 0.1) is 11.2 Å². The monoisotopic (exact) mass is 519 g/mol. The number of benzene rings is 2. The van der Waals surface area contributed by atoms with Gasteiger partial charge in [0.25, 0.3) is 5.91 Å². The van der Waals surface area contributed by atoms with E-state index in [2.05, 4.69) is 5.32 Å². The molecule has 0 bridgehead atoms. The van der Waals surface area contributed by atoms with Crippen LogP contribution in [0.3, 0.4) is 0 Å². The predicted molar refractivity (Wildman–Crippen MR) is 127 cm³/mol. The highest BCUT2D eigenvalue weighted by molar-refractivity contribution is 5.97. The third-order valence-corrected chi connectivity index (χ3v) is 7.32. The molecule has 0 saturated carbocycles. The van der Waals surface area contributed by atoms with Crippen LogP contribution in [0.1, 0.15) is 35.4 Å². The molecule has 0 unspecified atom stereocenters. The lowest BCUT2D eigenvalue weighted by Gasteiger charge is -2.38. The number of methoxy groups -OCH3 is 1. The fraction of sp³-hybridized carbons (Fsp3) is 0.385. The number of amides is 3. The van der Waals surface area contributed by atoms with Crippen LogP contribution in [0.15, 0.2) is 46.9 Å². The Labute approximate surface area is 210 Å². The Morgan fingerprint density at radius 2 is 1.70 bits per heavy atom. The Morgan fingerprint density at radius 3 is 2.38 bits per heavy atom. The van der Waals surface area contributed by atoms with Gasteiger partial charge in [-0.1, -0.05) is 18.2 Å². The summed E-state index contributed by atoms with van der Waals surface area (Å²) in [7, 11) is 1.53. The maximum absolute atomic E-state index is 14.3. The molecule has 0 radical (unpaired) electrons. The first-order valence-corrected chi connectivity index (χ1v) is 11.9. The summed E-state index contributed by atoms with van der Waals surface area (Å²) in [4.78, 5) is 29.0. The highest BCUT2D eigenvalue weighted by Gasteiger charge is 2.43. The van der Waals surface area contributed by atoms with Crippen molar-refractivity contribution in [3.63, 3.8) is 0 Å². The number of carbonyl (C=O) groups is 2. The molecule has 5 rings (SSSR count). The lowest BCUT2D eigenvalue weighted by Crippen LogP contribution is -2.45. The van der Waals surface area contributed by atoms with Crippen molar-refractivity contribution in [3.05, 3.63) is 59.6 Å². The smallest absolute Gasteiger partial charge is 0.419 e. The summed E-state index contributed by atoms with van der Waals surface area (Å²) in [6.07, 6.45) is -2.86. The summed E-state index contributed by atoms with van der Waals surface area (Å²) in [6.45, 7) is 1.72. The number of piperidine rings is 1. The minimum atomic E-state index is -4.86. The number of fused-ring (bicyclic) bond motifs is 1. The van der Waals surface area contributed by atoms with Crippen molar-refractivity contribution < 1.29 is 36.3 Å². The molecule has 2 aromatic carbocycles. The lowest BCUT2D eigenvalue weighted by atomic mass is 9.78. The van der Waals surface area contributed by atoms with E-state index in [1.165, 1.54) is 12.0 Å². The molecule has 1 N–H and O–H groups in total. The third kappa shape index (κ3) is 4.70. The van der Waals surface area contributed by atoms with Crippen molar-refractivity contribution in [2.75, 3.05) is 38.6 Å². The van der Waals surface area contributed by atoms with Gasteiger partial charge in [-0.05, 0) is 48.9 Å². The van der Waals surface area contributed by atoms with E-state index in [0.29, 0.717) is 62.8 Å². The van der Waals surface area contributed by atoms with Crippen LogP contribution < -0.4 is 10.1 Å². The van der Waals surface area contributed by atoms with Gasteiger partial charge in [-0.15, -0.1) is 0 Å². The number of para-hydroxylation sites is 1. The third-order valence-electron chi connectivity index (χ3n) is 7.32. The fourth-order valence-electron chi connectivity index (χ4n) is 5.20. The summed E-state index contributed by atoms with van der Waals surface area (Å²) >= 11 is 0. The van der Waals surface area contributed by atoms with E-state index >= 15 is 0 Å². The molecular weight excluding hydrogens is 494 g/mol. The van der Waals surface area contributed by atoms with Gasteiger partial charge in [0.05, 0.1) is 18.4 Å². The Bertz CT molecular complexity index is 1350. The van der Waals surface area contributed by atoms with Crippen LogP contribution in [0.4, 0.5) is 28.0 Å². The SMILES string of the molecule is COc1cccc2cc(C(=O)N3CCC4(CCN(C(=O)Nc5cccc(C(F)(F)F)c5F)C4)CC3)oc12. The van der Waals surface area contributed by atoms with E-state index in [-0.39, 0.29) is 17.1 Å². The Kier molecular flexibility index (Phi) is 6.25. The van der Waals surface area contributed by atoms with Crippen LogP contribution >= 0.6 is 0 Å². The molecule has 3 heterocycles. The number of nitrogens with one attached hydrogen (secondary N) is 1. The van der Waals surface area contributed by atoms with Gasteiger partial charge < -0.3 is 24.3 Å². The molecule has 2 aliphatic heterocycles.